The average molecular weight is 419 g/mol. The molecule has 2 aliphatic heterocycles. The van der Waals surface area contributed by atoms with Gasteiger partial charge in [0.2, 0.25) is 11.8 Å². The van der Waals surface area contributed by atoms with E-state index in [2.05, 4.69) is 10.6 Å². The fourth-order valence-electron chi connectivity index (χ4n) is 3.54. The highest BCUT2D eigenvalue weighted by molar-refractivity contribution is 6.44. The number of hydrogen-bond acceptors (Lipinski definition) is 7. The van der Waals surface area contributed by atoms with Gasteiger partial charge in [0.15, 0.2) is 0 Å². The van der Waals surface area contributed by atoms with Crippen molar-refractivity contribution >= 4 is 24.9 Å². The van der Waals surface area contributed by atoms with Crippen LogP contribution in [0.2, 0.25) is 6.32 Å². The van der Waals surface area contributed by atoms with E-state index in [1.807, 2.05) is 4.90 Å². The Bertz CT molecular complexity index is 829. The van der Waals surface area contributed by atoms with Crippen LogP contribution in [0.1, 0.15) is 22.8 Å². The van der Waals surface area contributed by atoms with E-state index in [1.54, 1.807) is 19.1 Å². The van der Waals surface area contributed by atoms with Gasteiger partial charge in [-0.15, -0.1) is 0 Å². The molecule has 1 aromatic carbocycles. The Kier molecular flexibility index (Phi) is 6.83. The minimum atomic E-state index is -1.17. The number of amides is 2. The summed E-state index contributed by atoms with van der Waals surface area (Å²) >= 11 is 0. The van der Waals surface area contributed by atoms with E-state index >= 15 is 0 Å². The van der Waals surface area contributed by atoms with Gasteiger partial charge in [-0.05, 0) is 24.4 Å². The number of hydrogen-bond donors (Lipinski definition) is 4. The molecule has 2 aliphatic rings. The molecule has 0 aliphatic carbocycles. The first-order valence-electron chi connectivity index (χ1n) is 9.89. The van der Waals surface area contributed by atoms with Crippen molar-refractivity contribution in [1.82, 2.24) is 15.5 Å². The second-order valence-corrected chi connectivity index (χ2v) is 7.59. The van der Waals surface area contributed by atoms with Crippen molar-refractivity contribution in [2.45, 2.75) is 25.8 Å². The quantitative estimate of drug-likeness (QED) is 0.409. The molecule has 1 saturated heterocycles. The molecule has 10 nitrogen and oxygen atoms in total. The van der Waals surface area contributed by atoms with Crippen LogP contribution in [0.3, 0.4) is 0 Å². The number of carboxylic acids is 1. The topological polar surface area (TPSA) is 137 Å². The Labute approximate surface area is 174 Å². The summed E-state index contributed by atoms with van der Waals surface area (Å²) in [5, 5.41) is 24.4. The molecule has 11 heteroatoms. The van der Waals surface area contributed by atoms with Gasteiger partial charge in [0.1, 0.15) is 23.2 Å². The molecule has 0 saturated carbocycles. The third-order valence-corrected chi connectivity index (χ3v) is 5.23. The number of carbonyl (C=O) groups is 3. The van der Waals surface area contributed by atoms with Gasteiger partial charge < -0.3 is 30.2 Å². The van der Waals surface area contributed by atoms with Crippen LogP contribution < -0.4 is 20.0 Å². The summed E-state index contributed by atoms with van der Waals surface area (Å²) in [5.74, 6) is -1.57. The van der Waals surface area contributed by atoms with Gasteiger partial charge in [-0.2, -0.15) is 0 Å². The molecule has 0 radical (unpaired) electrons. The van der Waals surface area contributed by atoms with Crippen LogP contribution in [0.4, 0.5) is 0 Å². The van der Waals surface area contributed by atoms with Crippen LogP contribution in [0.5, 0.6) is 11.5 Å². The maximum atomic E-state index is 12.0. The number of rotatable bonds is 8. The Morgan fingerprint density at radius 3 is 2.77 bits per heavy atom. The van der Waals surface area contributed by atoms with Crippen molar-refractivity contribution in [2.75, 3.05) is 33.2 Å². The zero-order valence-corrected chi connectivity index (χ0v) is 17.0. The number of aromatic carboxylic acids is 1. The third kappa shape index (κ3) is 5.03. The number of likely N-dealkylation sites (tertiary alicyclic amines) is 1. The van der Waals surface area contributed by atoms with Crippen LogP contribution in [0.25, 0.3) is 0 Å². The first kappa shape index (κ1) is 21.9. The van der Waals surface area contributed by atoms with Crippen LogP contribution in [0.15, 0.2) is 12.1 Å². The standard InChI is InChI=1S/C19H26BN3O7/c1-11(18(25)22-7-15(24)21-2)8-23-9-13(10-23)29-14-4-3-12-5-6-20(28)30-17(12)16(14)19(26)27/h3-4,11,13,28H,5-10H2,1-2H3,(H,21,24)(H,22,25)(H,26,27)/t11-/m0/s1. The molecule has 1 fully saturated rings. The first-order valence-corrected chi connectivity index (χ1v) is 9.89. The molecular weight excluding hydrogens is 393 g/mol. The van der Waals surface area contributed by atoms with Crippen molar-refractivity contribution in [3.8, 4) is 11.5 Å². The number of likely N-dealkylation sites (N-methyl/N-ethyl adjacent to an activating group) is 1. The molecule has 0 bridgehead atoms. The van der Waals surface area contributed by atoms with Gasteiger partial charge >= 0.3 is 13.1 Å². The van der Waals surface area contributed by atoms with Gasteiger partial charge in [-0.1, -0.05) is 13.0 Å². The Hall–Kier alpha value is -2.79. The van der Waals surface area contributed by atoms with E-state index in [9.17, 15) is 24.5 Å². The molecule has 4 N–H and O–H groups in total. The Morgan fingerprint density at radius 2 is 2.10 bits per heavy atom. The molecule has 30 heavy (non-hydrogen) atoms. The predicted molar refractivity (Wildman–Crippen MR) is 108 cm³/mol. The third-order valence-electron chi connectivity index (χ3n) is 5.23. The van der Waals surface area contributed by atoms with Crippen LogP contribution >= 0.6 is 0 Å². The zero-order chi connectivity index (χ0) is 21.8. The molecule has 0 spiro atoms. The first-order chi connectivity index (χ1) is 14.3. The normalized spacial score (nSPS) is 17.2. The molecule has 1 atom stereocenters. The van der Waals surface area contributed by atoms with E-state index in [0.29, 0.717) is 32.4 Å². The lowest BCUT2D eigenvalue weighted by Gasteiger charge is -2.40. The van der Waals surface area contributed by atoms with E-state index < -0.39 is 13.1 Å². The summed E-state index contributed by atoms with van der Waals surface area (Å²) < 4.78 is 11.2. The zero-order valence-electron chi connectivity index (χ0n) is 17.0. The summed E-state index contributed by atoms with van der Waals surface area (Å²) in [6, 6.07) is 3.39. The second-order valence-electron chi connectivity index (χ2n) is 7.59. The van der Waals surface area contributed by atoms with E-state index in [1.165, 1.54) is 7.05 Å². The smallest absolute Gasteiger partial charge is 0.522 e. The summed E-state index contributed by atoms with van der Waals surface area (Å²) in [6.07, 6.45) is 0.739. The van der Waals surface area contributed by atoms with Crippen molar-refractivity contribution in [3.05, 3.63) is 23.3 Å². The molecule has 162 valence electrons. The van der Waals surface area contributed by atoms with E-state index in [0.717, 1.165) is 5.56 Å². The van der Waals surface area contributed by atoms with Crippen molar-refractivity contribution in [2.24, 2.45) is 5.92 Å². The minimum Gasteiger partial charge on any atom is -0.535 e. The average Bonchev–Trinajstić information content (AvgIpc) is 2.69. The summed E-state index contributed by atoms with van der Waals surface area (Å²) in [7, 11) is 0.478. The number of ether oxygens (including phenoxy) is 1. The number of carboxylic acid groups (broad SMARTS) is 1. The Morgan fingerprint density at radius 1 is 1.37 bits per heavy atom. The second kappa shape index (κ2) is 9.35. The minimum absolute atomic E-state index is 0.0571. The van der Waals surface area contributed by atoms with Crippen molar-refractivity contribution < 1.29 is 33.9 Å². The van der Waals surface area contributed by atoms with Crippen LogP contribution in [-0.2, 0) is 16.0 Å². The monoisotopic (exact) mass is 419 g/mol. The summed E-state index contributed by atoms with van der Waals surface area (Å²) in [4.78, 5) is 37.1. The molecule has 1 aromatic rings. The summed E-state index contributed by atoms with van der Waals surface area (Å²) in [6.45, 7) is 3.32. The van der Waals surface area contributed by atoms with Gasteiger partial charge in [0.25, 0.3) is 0 Å². The molecule has 0 unspecified atom stereocenters. The number of carbonyl (C=O) groups excluding carboxylic acids is 2. The SMILES string of the molecule is CNC(=O)CNC(=O)[C@@H](C)CN1CC(Oc2ccc3c(c2C(=O)O)OB(O)CC3)C1. The predicted octanol–water partition coefficient (Wildman–Crippen LogP) is -0.638. The van der Waals surface area contributed by atoms with Gasteiger partial charge in [0, 0.05) is 32.6 Å². The number of nitrogens with one attached hydrogen (secondary N) is 2. The van der Waals surface area contributed by atoms with Crippen LogP contribution in [-0.4, -0.2) is 79.3 Å². The largest absolute Gasteiger partial charge is 0.535 e. The highest BCUT2D eigenvalue weighted by Crippen LogP contribution is 2.37. The lowest BCUT2D eigenvalue weighted by Crippen LogP contribution is -2.56. The number of fused-ring (bicyclic) bond motifs is 1. The fourth-order valence-corrected chi connectivity index (χ4v) is 3.54. The molecule has 0 aromatic heterocycles. The molecular formula is C19H26BN3O7. The van der Waals surface area contributed by atoms with Gasteiger partial charge in [-0.3, -0.25) is 14.5 Å². The lowest BCUT2D eigenvalue weighted by molar-refractivity contribution is -0.129. The van der Waals surface area contributed by atoms with E-state index in [-0.39, 0.29) is 47.4 Å². The number of aryl methyl sites for hydroxylation is 1. The van der Waals surface area contributed by atoms with E-state index in [4.69, 9.17) is 9.39 Å². The molecule has 3 rings (SSSR count). The Balaban J connectivity index is 1.54. The highest BCUT2D eigenvalue weighted by Gasteiger charge is 2.34. The number of benzene rings is 1. The summed E-state index contributed by atoms with van der Waals surface area (Å²) in [5.41, 5.74) is 0.656. The maximum Gasteiger partial charge on any atom is 0.522 e. The van der Waals surface area contributed by atoms with Crippen LogP contribution in [0, 0.1) is 5.92 Å². The lowest BCUT2D eigenvalue weighted by atomic mass is 9.78. The molecule has 2 amide bonds. The molecule has 2 heterocycles. The van der Waals surface area contributed by atoms with Crippen molar-refractivity contribution in [3.63, 3.8) is 0 Å². The van der Waals surface area contributed by atoms with Gasteiger partial charge in [-0.25, -0.2) is 4.79 Å². The number of nitrogens with zero attached hydrogens (tertiary/aromatic N) is 1. The van der Waals surface area contributed by atoms with Crippen molar-refractivity contribution in [1.29, 1.82) is 0 Å². The van der Waals surface area contributed by atoms with Gasteiger partial charge in [0.05, 0.1) is 6.54 Å². The highest BCUT2D eigenvalue weighted by atomic mass is 16.5. The maximum absolute atomic E-state index is 12.0. The fraction of sp³-hybridized carbons (Fsp3) is 0.526.